The summed E-state index contributed by atoms with van der Waals surface area (Å²) < 4.78 is 4.95. The number of imide groups is 1. The molecule has 1 atom stereocenters. The first-order chi connectivity index (χ1) is 13.1. The van der Waals surface area contributed by atoms with Crippen molar-refractivity contribution >= 4 is 64.0 Å². The first-order valence-electron chi connectivity index (χ1n) is 8.28. The SMILES string of the molecule is CC1(COc2ccc(NC(=O)NC(=O)c3c(Cl)cccc3Cl)cc2)CC1(Cl)Cl. The Kier molecular flexibility index (Phi) is 6.01. The highest BCUT2D eigenvalue weighted by Gasteiger charge is 2.63. The Labute approximate surface area is 182 Å². The number of carbonyl (C=O) groups excluding carboxylic acids is 2. The maximum Gasteiger partial charge on any atom is 0.326 e. The number of halogens is 4. The van der Waals surface area contributed by atoms with E-state index in [0.29, 0.717) is 24.5 Å². The molecule has 0 radical (unpaired) electrons. The summed E-state index contributed by atoms with van der Waals surface area (Å²) >= 11 is 24.1. The van der Waals surface area contributed by atoms with Gasteiger partial charge in [-0.05, 0) is 42.8 Å². The molecule has 1 unspecified atom stereocenters. The van der Waals surface area contributed by atoms with Crippen molar-refractivity contribution < 1.29 is 14.3 Å². The number of alkyl halides is 2. The number of carbonyl (C=O) groups is 2. The van der Waals surface area contributed by atoms with E-state index in [0.717, 1.165) is 0 Å². The van der Waals surface area contributed by atoms with Gasteiger partial charge < -0.3 is 10.1 Å². The lowest BCUT2D eigenvalue weighted by Gasteiger charge is -2.14. The minimum Gasteiger partial charge on any atom is -0.493 e. The maximum atomic E-state index is 12.2. The second-order valence-corrected chi connectivity index (χ2v) is 9.06. The number of rotatable bonds is 5. The Hall–Kier alpha value is -1.66. The fraction of sp³-hybridized carbons (Fsp3) is 0.263. The average molecular weight is 462 g/mol. The van der Waals surface area contributed by atoms with Crippen LogP contribution >= 0.6 is 46.4 Å². The normalized spacial score (nSPS) is 19.6. The smallest absolute Gasteiger partial charge is 0.326 e. The Morgan fingerprint density at radius 3 is 2.18 bits per heavy atom. The van der Waals surface area contributed by atoms with Crippen molar-refractivity contribution in [1.82, 2.24) is 5.32 Å². The van der Waals surface area contributed by atoms with Gasteiger partial charge in [0.2, 0.25) is 0 Å². The van der Waals surface area contributed by atoms with Crippen LogP contribution in [0.4, 0.5) is 10.5 Å². The molecule has 2 aromatic rings. The minimum absolute atomic E-state index is 0.0351. The van der Waals surface area contributed by atoms with E-state index in [9.17, 15) is 9.59 Å². The lowest BCUT2D eigenvalue weighted by atomic mass is 10.2. The minimum atomic E-state index is -0.746. The van der Waals surface area contributed by atoms with Gasteiger partial charge in [-0.25, -0.2) is 4.79 Å². The van der Waals surface area contributed by atoms with E-state index in [1.807, 2.05) is 6.92 Å². The number of anilines is 1. The van der Waals surface area contributed by atoms with E-state index in [1.54, 1.807) is 30.3 Å². The molecule has 2 N–H and O–H groups in total. The van der Waals surface area contributed by atoms with E-state index in [-0.39, 0.29) is 21.0 Å². The molecular formula is C19H16Cl4N2O3. The van der Waals surface area contributed by atoms with E-state index >= 15 is 0 Å². The second kappa shape index (κ2) is 7.99. The van der Waals surface area contributed by atoms with Gasteiger partial charge in [0.05, 0.1) is 22.2 Å². The predicted molar refractivity (Wildman–Crippen MR) is 112 cm³/mol. The van der Waals surface area contributed by atoms with Crippen LogP contribution in [0.1, 0.15) is 23.7 Å². The monoisotopic (exact) mass is 460 g/mol. The molecule has 3 rings (SSSR count). The molecule has 0 spiro atoms. The number of hydrogen-bond acceptors (Lipinski definition) is 3. The number of amides is 3. The quantitative estimate of drug-likeness (QED) is 0.543. The molecule has 5 nitrogen and oxygen atoms in total. The summed E-state index contributed by atoms with van der Waals surface area (Å²) in [6.07, 6.45) is 0.673. The lowest BCUT2D eigenvalue weighted by molar-refractivity contribution is 0.0967. The van der Waals surface area contributed by atoms with Crippen molar-refractivity contribution in [3.8, 4) is 5.75 Å². The molecule has 0 saturated heterocycles. The molecule has 0 aromatic heterocycles. The molecule has 0 heterocycles. The van der Waals surface area contributed by atoms with Crippen LogP contribution in [-0.4, -0.2) is 22.9 Å². The standard InChI is InChI=1S/C19H16Cl4N2O3/c1-18(9-19(18,22)23)10-28-12-7-5-11(6-8-12)24-17(27)25-16(26)15-13(20)3-2-4-14(15)21/h2-8H,9-10H2,1H3,(H2,24,25,26,27). The van der Waals surface area contributed by atoms with Crippen molar-refractivity contribution in [2.45, 2.75) is 17.7 Å². The molecule has 1 aliphatic rings. The van der Waals surface area contributed by atoms with Gasteiger partial charge in [-0.3, -0.25) is 10.1 Å². The van der Waals surface area contributed by atoms with Crippen molar-refractivity contribution in [3.05, 3.63) is 58.1 Å². The van der Waals surface area contributed by atoms with Gasteiger partial charge >= 0.3 is 6.03 Å². The predicted octanol–water partition coefficient (Wildman–Crippen LogP) is 5.92. The third-order valence-electron chi connectivity index (χ3n) is 4.46. The van der Waals surface area contributed by atoms with Gasteiger partial charge in [-0.2, -0.15) is 0 Å². The highest BCUT2D eigenvalue weighted by molar-refractivity contribution is 6.51. The molecule has 9 heteroatoms. The summed E-state index contributed by atoms with van der Waals surface area (Å²) in [4.78, 5) is 24.2. The molecule has 0 aliphatic heterocycles. The van der Waals surface area contributed by atoms with Gasteiger partial charge in [-0.1, -0.05) is 36.2 Å². The number of hydrogen-bond donors (Lipinski definition) is 2. The number of urea groups is 1. The molecule has 3 amide bonds. The fourth-order valence-corrected chi connectivity index (χ4v) is 3.79. The van der Waals surface area contributed by atoms with Crippen LogP contribution in [0.15, 0.2) is 42.5 Å². The zero-order valence-corrected chi connectivity index (χ0v) is 17.7. The van der Waals surface area contributed by atoms with Gasteiger partial charge in [0.25, 0.3) is 5.91 Å². The third-order valence-corrected chi connectivity index (χ3v) is 6.27. The van der Waals surface area contributed by atoms with E-state index in [2.05, 4.69) is 10.6 Å². The third kappa shape index (κ3) is 4.66. The van der Waals surface area contributed by atoms with Gasteiger partial charge in [-0.15, -0.1) is 23.2 Å². The second-order valence-electron chi connectivity index (χ2n) is 6.76. The Bertz CT molecular complexity index is 898. The molecule has 28 heavy (non-hydrogen) atoms. The van der Waals surface area contributed by atoms with Crippen LogP contribution in [-0.2, 0) is 0 Å². The van der Waals surface area contributed by atoms with Crippen LogP contribution in [0.3, 0.4) is 0 Å². The van der Waals surface area contributed by atoms with Crippen LogP contribution in [0.2, 0.25) is 10.0 Å². The topological polar surface area (TPSA) is 67.4 Å². The average Bonchev–Trinajstić information content (AvgIpc) is 3.12. The largest absolute Gasteiger partial charge is 0.493 e. The maximum absolute atomic E-state index is 12.2. The summed E-state index contributed by atoms with van der Waals surface area (Å²) in [6.45, 7) is 2.34. The Balaban J connectivity index is 1.54. The van der Waals surface area contributed by atoms with E-state index in [1.165, 1.54) is 12.1 Å². The molecule has 1 aliphatic carbocycles. The van der Waals surface area contributed by atoms with Crippen LogP contribution in [0.5, 0.6) is 5.75 Å². The van der Waals surface area contributed by atoms with Gasteiger partial charge in [0.1, 0.15) is 10.1 Å². The van der Waals surface area contributed by atoms with E-state index in [4.69, 9.17) is 51.1 Å². The van der Waals surface area contributed by atoms with Crippen LogP contribution < -0.4 is 15.4 Å². The number of ether oxygens (including phenoxy) is 1. The summed E-state index contributed by atoms with van der Waals surface area (Å²) in [7, 11) is 0. The molecule has 1 saturated carbocycles. The molecule has 0 bridgehead atoms. The summed E-state index contributed by atoms with van der Waals surface area (Å²) in [6, 6.07) is 10.6. The lowest BCUT2D eigenvalue weighted by Crippen LogP contribution is -2.34. The van der Waals surface area contributed by atoms with Crippen LogP contribution in [0.25, 0.3) is 0 Å². The Morgan fingerprint density at radius 1 is 1.07 bits per heavy atom. The van der Waals surface area contributed by atoms with Crippen molar-refractivity contribution in [2.75, 3.05) is 11.9 Å². The molecule has 1 fully saturated rings. The van der Waals surface area contributed by atoms with Crippen molar-refractivity contribution in [3.63, 3.8) is 0 Å². The van der Waals surface area contributed by atoms with Crippen LogP contribution in [0, 0.1) is 5.41 Å². The summed E-state index contributed by atoms with van der Waals surface area (Å²) in [5, 5.41) is 5.05. The van der Waals surface area contributed by atoms with E-state index < -0.39 is 16.3 Å². The Morgan fingerprint density at radius 2 is 1.64 bits per heavy atom. The first-order valence-corrected chi connectivity index (χ1v) is 9.79. The number of benzene rings is 2. The van der Waals surface area contributed by atoms with Crippen molar-refractivity contribution in [1.29, 1.82) is 0 Å². The van der Waals surface area contributed by atoms with Crippen molar-refractivity contribution in [2.24, 2.45) is 5.41 Å². The first kappa shape index (κ1) is 21.1. The fourth-order valence-electron chi connectivity index (χ4n) is 2.52. The molecule has 148 valence electrons. The number of nitrogens with one attached hydrogen (secondary N) is 2. The zero-order chi connectivity index (χ0) is 20.5. The highest BCUT2D eigenvalue weighted by atomic mass is 35.5. The summed E-state index contributed by atoms with van der Waals surface area (Å²) in [5.41, 5.74) is 0.241. The summed E-state index contributed by atoms with van der Waals surface area (Å²) in [5.74, 6) is -0.0847. The zero-order valence-electron chi connectivity index (χ0n) is 14.7. The highest BCUT2D eigenvalue weighted by Crippen LogP contribution is 2.63. The van der Waals surface area contributed by atoms with Gasteiger partial charge in [0, 0.05) is 11.1 Å². The van der Waals surface area contributed by atoms with Gasteiger partial charge in [0.15, 0.2) is 0 Å². The molecule has 2 aromatic carbocycles. The molecular weight excluding hydrogens is 446 g/mol.